The lowest BCUT2D eigenvalue weighted by molar-refractivity contribution is 0.0950. The number of nitrogens with one attached hydrogen (secondary N) is 1. The molecule has 98 valence electrons. The molecule has 0 aromatic heterocycles. The van der Waals surface area contributed by atoms with Crippen LogP contribution in [-0.2, 0) is 0 Å². The monoisotopic (exact) mass is 271 g/mol. The van der Waals surface area contributed by atoms with Crippen LogP contribution in [0, 0.1) is 0 Å². The largest absolute Gasteiger partial charge is 0.507 e. The quantitative estimate of drug-likeness (QED) is 0.213. The third kappa shape index (κ3) is 4.14. The Morgan fingerprint density at radius 2 is 2.22 bits per heavy atom. The predicted molar refractivity (Wildman–Crippen MR) is 68.1 cm³/mol. The summed E-state index contributed by atoms with van der Waals surface area (Å²) >= 11 is 5.73. The van der Waals surface area contributed by atoms with Crippen LogP contribution in [0.15, 0.2) is 23.4 Å². The van der Waals surface area contributed by atoms with E-state index in [1.165, 1.54) is 18.2 Å². The molecule has 0 bridgehead atoms. The highest BCUT2D eigenvalue weighted by atomic mass is 35.5. The van der Waals surface area contributed by atoms with Crippen LogP contribution in [0.25, 0.3) is 0 Å². The van der Waals surface area contributed by atoms with Gasteiger partial charge < -0.3 is 21.4 Å². The van der Waals surface area contributed by atoms with Crippen molar-refractivity contribution < 1.29 is 15.1 Å². The van der Waals surface area contributed by atoms with Crippen molar-refractivity contribution >= 4 is 23.3 Å². The van der Waals surface area contributed by atoms with Gasteiger partial charge in [0.15, 0.2) is 0 Å². The van der Waals surface area contributed by atoms with Crippen molar-refractivity contribution in [2.75, 3.05) is 6.54 Å². The van der Waals surface area contributed by atoms with Crippen molar-refractivity contribution in [2.24, 2.45) is 10.9 Å². The molecule has 1 rings (SSSR count). The summed E-state index contributed by atoms with van der Waals surface area (Å²) in [6.45, 7) is 0.348. The maximum atomic E-state index is 11.7. The van der Waals surface area contributed by atoms with Gasteiger partial charge in [0.1, 0.15) is 11.6 Å². The van der Waals surface area contributed by atoms with Gasteiger partial charge in [-0.25, -0.2) is 0 Å². The van der Waals surface area contributed by atoms with Gasteiger partial charge in [-0.2, -0.15) is 0 Å². The standard InChI is InChI=1S/C11H14ClN3O3/c12-7-3-4-9(16)8(6-7)11(17)14-5-1-2-10(13)15-18/h3-4,6,16,18H,1-2,5H2,(H2,13,15)(H,14,17). The van der Waals surface area contributed by atoms with E-state index in [2.05, 4.69) is 10.5 Å². The summed E-state index contributed by atoms with van der Waals surface area (Å²) in [5, 5.41) is 23.6. The van der Waals surface area contributed by atoms with E-state index in [0.29, 0.717) is 24.4 Å². The van der Waals surface area contributed by atoms with E-state index in [-0.39, 0.29) is 17.1 Å². The molecule has 0 fully saturated rings. The fraction of sp³-hybridized carbons (Fsp3) is 0.273. The second kappa shape index (κ2) is 6.70. The van der Waals surface area contributed by atoms with Crippen molar-refractivity contribution in [3.8, 4) is 5.75 Å². The molecule has 1 aromatic rings. The number of oxime groups is 1. The van der Waals surface area contributed by atoms with Crippen LogP contribution in [0.1, 0.15) is 23.2 Å². The molecule has 0 heterocycles. The Bertz CT molecular complexity index is 463. The summed E-state index contributed by atoms with van der Waals surface area (Å²) < 4.78 is 0. The summed E-state index contributed by atoms with van der Waals surface area (Å²) in [5.41, 5.74) is 5.39. The van der Waals surface area contributed by atoms with Gasteiger partial charge >= 0.3 is 0 Å². The van der Waals surface area contributed by atoms with E-state index in [4.69, 9.17) is 22.5 Å². The number of carbonyl (C=O) groups is 1. The third-order valence-corrected chi connectivity index (χ3v) is 2.46. The minimum atomic E-state index is -0.422. The zero-order chi connectivity index (χ0) is 13.5. The van der Waals surface area contributed by atoms with Crippen molar-refractivity contribution in [3.63, 3.8) is 0 Å². The normalized spacial score (nSPS) is 11.3. The molecule has 18 heavy (non-hydrogen) atoms. The highest BCUT2D eigenvalue weighted by molar-refractivity contribution is 6.31. The van der Waals surface area contributed by atoms with Crippen LogP contribution in [0.2, 0.25) is 5.02 Å². The number of nitrogens with zero attached hydrogens (tertiary/aromatic N) is 1. The third-order valence-electron chi connectivity index (χ3n) is 2.23. The predicted octanol–water partition coefficient (Wildman–Crippen LogP) is 1.30. The maximum absolute atomic E-state index is 11.7. The summed E-state index contributed by atoms with van der Waals surface area (Å²) in [6.07, 6.45) is 0.904. The number of rotatable bonds is 5. The van der Waals surface area contributed by atoms with E-state index < -0.39 is 5.91 Å². The van der Waals surface area contributed by atoms with Crippen LogP contribution in [-0.4, -0.2) is 28.6 Å². The number of hydrogen-bond acceptors (Lipinski definition) is 4. The molecule has 0 aliphatic rings. The van der Waals surface area contributed by atoms with Gasteiger partial charge in [0.05, 0.1) is 5.56 Å². The Kier molecular flexibility index (Phi) is 5.26. The first-order valence-electron chi connectivity index (χ1n) is 5.27. The van der Waals surface area contributed by atoms with Crippen LogP contribution in [0.5, 0.6) is 5.75 Å². The van der Waals surface area contributed by atoms with E-state index in [9.17, 15) is 9.90 Å². The average Bonchev–Trinajstić information content (AvgIpc) is 2.36. The molecule has 0 aliphatic carbocycles. The Morgan fingerprint density at radius 1 is 1.50 bits per heavy atom. The molecule has 1 amide bonds. The molecular weight excluding hydrogens is 258 g/mol. The first kappa shape index (κ1) is 14.1. The number of carbonyl (C=O) groups excluding carboxylic acids is 1. The molecule has 5 N–H and O–H groups in total. The van der Waals surface area contributed by atoms with Gasteiger partial charge in [-0.15, -0.1) is 0 Å². The fourth-order valence-corrected chi connectivity index (χ4v) is 1.48. The van der Waals surface area contributed by atoms with Gasteiger partial charge in [-0.1, -0.05) is 16.8 Å². The molecule has 7 heteroatoms. The smallest absolute Gasteiger partial charge is 0.255 e. The highest BCUT2D eigenvalue weighted by Gasteiger charge is 2.10. The summed E-state index contributed by atoms with van der Waals surface area (Å²) in [6, 6.07) is 4.23. The second-order valence-electron chi connectivity index (χ2n) is 3.61. The molecule has 0 atom stereocenters. The van der Waals surface area contributed by atoms with E-state index in [0.717, 1.165) is 0 Å². The Balaban J connectivity index is 2.48. The Hall–Kier alpha value is -1.95. The van der Waals surface area contributed by atoms with Crippen LogP contribution in [0.3, 0.4) is 0 Å². The molecule has 0 unspecified atom stereocenters. The van der Waals surface area contributed by atoms with Crippen LogP contribution < -0.4 is 11.1 Å². The number of amides is 1. The number of hydrogen-bond donors (Lipinski definition) is 4. The highest BCUT2D eigenvalue weighted by Crippen LogP contribution is 2.21. The molecule has 0 saturated carbocycles. The van der Waals surface area contributed by atoms with E-state index in [1.54, 1.807) is 0 Å². The molecule has 1 aromatic carbocycles. The minimum absolute atomic E-state index is 0.106. The number of benzene rings is 1. The summed E-state index contributed by atoms with van der Waals surface area (Å²) in [4.78, 5) is 11.7. The lowest BCUT2D eigenvalue weighted by Crippen LogP contribution is -2.25. The van der Waals surface area contributed by atoms with E-state index >= 15 is 0 Å². The van der Waals surface area contributed by atoms with E-state index in [1.807, 2.05) is 0 Å². The van der Waals surface area contributed by atoms with Gasteiger partial charge in [0.2, 0.25) is 0 Å². The maximum Gasteiger partial charge on any atom is 0.255 e. The minimum Gasteiger partial charge on any atom is -0.507 e. The number of aromatic hydroxyl groups is 1. The van der Waals surface area contributed by atoms with Gasteiger partial charge in [-0.05, 0) is 24.6 Å². The van der Waals surface area contributed by atoms with Gasteiger partial charge in [0, 0.05) is 18.0 Å². The first-order chi connectivity index (χ1) is 8.54. The Labute approximate surface area is 109 Å². The lowest BCUT2D eigenvalue weighted by Gasteiger charge is -2.06. The zero-order valence-electron chi connectivity index (χ0n) is 9.56. The molecular formula is C11H14ClN3O3. The number of amidine groups is 1. The van der Waals surface area contributed by atoms with Crippen LogP contribution in [0.4, 0.5) is 0 Å². The zero-order valence-corrected chi connectivity index (χ0v) is 10.3. The molecule has 0 saturated heterocycles. The first-order valence-corrected chi connectivity index (χ1v) is 5.65. The van der Waals surface area contributed by atoms with Crippen molar-refractivity contribution in [3.05, 3.63) is 28.8 Å². The molecule has 6 nitrogen and oxygen atoms in total. The number of halogens is 1. The number of phenols is 1. The topological polar surface area (TPSA) is 108 Å². The summed E-state index contributed by atoms with van der Waals surface area (Å²) in [7, 11) is 0. The second-order valence-corrected chi connectivity index (χ2v) is 4.05. The Morgan fingerprint density at radius 3 is 2.89 bits per heavy atom. The van der Waals surface area contributed by atoms with Crippen molar-refractivity contribution in [2.45, 2.75) is 12.8 Å². The van der Waals surface area contributed by atoms with Crippen molar-refractivity contribution in [1.82, 2.24) is 5.32 Å². The number of phenolic OH excluding ortho intramolecular Hbond substituents is 1. The summed E-state index contributed by atoms with van der Waals surface area (Å²) in [5.74, 6) is -0.447. The lowest BCUT2D eigenvalue weighted by atomic mass is 10.2. The molecule has 0 spiro atoms. The average molecular weight is 272 g/mol. The molecule has 0 radical (unpaired) electrons. The van der Waals surface area contributed by atoms with Gasteiger partial charge in [0.25, 0.3) is 5.91 Å². The SMILES string of the molecule is NC(CCCNC(=O)c1cc(Cl)ccc1O)=NO. The van der Waals surface area contributed by atoms with Gasteiger partial charge in [-0.3, -0.25) is 4.79 Å². The van der Waals surface area contributed by atoms with Crippen molar-refractivity contribution in [1.29, 1.82) is 0 Å². The fourth-order valence-electron chi connectivity index (χ4n) is 1.31. The molecule has 0 aliphatic heterocycles. The number of nitrogens with two attached hydrogens (primary N) is 1. The van der Waals surface area contributed by atoms with Crippen LogP contribution >= 0.6 is 11.6 Å².